The number of nitrogens with one attached hydrogen (secondary N) is 1. The van der Waals surface area contributed by atoms with Crippen LogP contribution in [0.25, 0.3) is 0 Å². The molecule has 200 valence electrons. The van der Waals surface area contributed by atoms with Gasteiger partial charge in [-0.2, -0.15) is 0 Å². The van der Waals surface area contributed by atoms with Gasteiger partial charge in [0.1, 0.15) is 35.4 Å². The fourth-order valence-electron chi connectivity index (χ4n) is 6.77. The van der Waals surface area contributed by atoms with Crippen LogP contribution in [0.5, 0.6) is 0 Å². The predicted molar refractivity (Wildman–Crippen MR) is 146 cm³/mol. The summed E-state index contributed by atoms with van der Waals surface area (Å²) in [6.45, 7) is 9.55. The van der Waals surface area contributed by atoms with Gasteiger partial charge in [-0.25, -0.2) is 24.3 Å². The Morgan fingerprint density at radius 1 is 1.08 bits per heavy atom. The Balaban J connectivity index is 1.31. The highest BCUT2D eigenvalue weighted by molar-refractivity contribution is 5.74. The van der Waals surface area contributed by atoms with Gasteiger partial charge in [0.25, 0.3) is 0 Å². The Labute approximate surface area is 223 Å². The number of halogens is 1. The monoisotopic (exact) mass is 517 g/mol. The summed E-state index contributed by atoms with van der Waals surface area (Å²) < 4.78 is 13.7. The second-order valence-electron chi connectivity index (χ2n) is 11.7. The van der Waals surface area contributed by atoms with Crippen molar-refractivity contribution in [2.45, 2.75) is 45.4 Å². The molecule has 2 aliphatic heterocycles. The van der Waals surface area contributed by atoms with Crippen molar-refractivity contribution >= 4 is 23.1 Å². The summed E-state index contributed by atoms with van der Waals surface area (Å²) in [6.07, 6.45) is 4.91. The predicted octanol–water partition coefficient (Wildman–Crippen LogP) is 4.25. The lowest BCUT2D eigenvalue weighted by atomic mass is 9.82. The molecule has 2 bridgehead atoms. The minimum atomic E-state index is -0.250. The maximum Gasteiger partial charge on any atom is 0.142 e. The molecule has 3 aromatic rings. The van der Waals surface area contributed by atoms with Crippen LogP contribution in [0, 0.1) is 30.5 Å². The van der Waals surface area contributed by atoms with Crippen molar-refractivity contribution in [1.82, 2.24) is 19.9 Å². The Kier molecular flexibility index (Phi) is 6.42. The average Bonchev–Trinajstić information content (AvgIpc) is 3.28. The second-order valence-corrected chi connectivity index (χ2v) is 11.7. The SMILES string of the molecule is Cc1cc(N2CC3CCC(C2)C3Cc2nc(NCCO)c3c(n2)N(c2ccc(F)cc2)CC3(C)C)ncn1. The van der Waals surface area contributed by atoms with Crippen molar-refractivity contribution in [2.75, 3.05) is 47.9 Å². The average molecular weight is 518 g/mol. The van der Waals surface area contributed by atoms with Gasteiger partial charge in [-0.05, 0) is 61.8 Å². The van der Waals surface area contributed by atoms with Crippen LogP contribution in [0.15, 0.2) is 36.7 Å². The summed E-state index contributed by atoms with van der Waals surface area (Å²) in [5.74, 6) is 4.95. The number of aromatic nitrogens is 4. The van der Waals surface area contributed by atoms with Gasteiger partial charge in [0, 0.05) is 61.0 Å². The van der Waals surface area contributed by atoms with Crippen molar-refractivity contribution < 1.29 is 9.50 Å². The Bertz CT molecular complexity index is 1300. The normalized spacial score (nSPS) is 23.6. The fourth-order valence-corrected chi connectivity index (χ4v) is 6.77. The zero-order valence-corrected chi connectivity index (χ0v) is 22.4. The molecule has 38 heavy (non-hydrogen) atoms. The highest BCUT2D eigenvalue weighted by atomic mass is 19.1. The number of aliphatic hydroxyl groups excluding tert-OH is 1. The summed E-state index contributed by atoms with van der Waals surface area (Å²) in [4.78, 5) is 23.6. The molecule has 1 saturated carbocycles. The van der Waals surface area contributed by atoms with Gasteiger partial charge in [-0.3, -0.25) is 0 Å². The number of benzene rings is 1. The molecular weight excluding hydrogens is 481 g/mol. The quantitative estimate of drug-likeness (QED) is 0.481. The van der Waals surface area contributed by atoms with Crippen LogP contribution in [-0.2, 0) is 11.8 Å². The lowest BCUT2D eigenvalue weighted by Gasteiger charge is -2.38. The third-order valence-corrected chi connectivity index (χ3v) is 8.53. The van der Waals surface area contributed by atoms with E-state index in [0.717, 1.165) is 66.3 Å². The van der Waals surface area contributed by atoms with Crippen molar-refractivity contribution in [3.8, 4) is 0 Å². The van der Waals surface area contributed by atoms with Crippen LogP contribution in [0.4, 0.5) is 27.5 Å². The van der Waals surface area contributed by atoms with E-state index in [0.29, 0.717) is 24.3 Å². The van der Waals surface area contributed by atoms with E-state index in [9.17, 15) is 9.50 Å². The fraction of sp³-hybridized carbons (Fsp3) is 0.517. The molecule has 8 nitrogen and oxygen atoms in total. The number of hydrogen-bond donors (Lipinski definition) is 2. The summed E-state index contributed by atoms with van der Waals surface area (Å²) in [5.41, 5.74) is 2.76. The van der Waals surface area contributed by atoms with E-state index in [1.807, 2.05) is 19.1 Å². The maximum absolute atomic E-state index is 13.7. The van der Waals surface area contributed by atoms with Crippen LogP contribution < -0.4 is 15.1 Å². The van der Waals surface area contributed by atoms with E-state index in [1.165, 1.54) is 25.0 Å². The van der Waals surface area contributed by atoms with Crippen molar-refractivity contribution in [2.24, 2.45) is 17.8 Å². The van der Waals surface area contributed by atoms with E-state index in [1.54, 1.807) is 6.33 Å². The van der Waals surface area contributed by atoms with Crippen molar-refractivity contribution in [3.63, 3.8) is 0 Å². The minimum Gasteiger partial charge on any atom is -0.395 e. The number of anilines is 4. The molecule has 2 aromatic heterocycles. The van der Waals surface area contributed by atoms with Gasteiger partial charge in [0.2, 0.25) is 0 Å². The van der Waals surface area contributed by atoms with Crippen molar-refractivity contribution in [1.29, 1.82) is 0 Å². The maximum atomic E-state index is 13.7. The Morgan fingerprint density at radius 2 is 1.82 bits per heavy atom. The molecule has 1 aliphatic carbocycles. The van der Waals surface area contributed by atoms with Gasteiger partial charge in [0.15, 0.2) is 0 Å². The molecule has 3 aliphatic rings. The third-order valence-electron chi connectivity index (χ3n) is 8.53. The van der Waals surface area contributed by atoms with E-state index < -0.39 is 0 Å². The lowest BCUT2D eigenvalue weighted by molar-refractivity contribution is 0.265. The third kappa shape index (κ3) is 4.57. The second kappa shape index (κ2) is 9.76. The summed E-state index contributed by atoms with van der Waals surface area (Å²) in [6, 6.07) is 8.70. The molecule has 4 heterocycles. The number of fused-ring (bicyclic) bond motifs is 3. The van der Waals surface area contributed by atoms with Gasteiger partial charge in [0.05, 0.1) is 6.61 Å². The zero-order valence-electron chi connectivity index (χ0n) is 22.4. The standard InChI is InChI=1S/C29H36FN7O/c1-18-12-25(33-17-32-18)36-14-19-4-5-20(15-36)23(19)13-24-34-27(31-10-11-38)26-28(35-24)37(16-29(26,2)3)22-8-6-21(30)7-9-22/h6-9,12,17,19-20,23,38H,4-5,10-11,13-16H2,1-3H3,(H,31,34,35). The number of hydrogen-bond acceptors (Lipinski definition) is 8. The van der Waals surface area contributed by atoms with Crippen LogP contribution >= 0.6 is 0 Å². The molecular formula is C29H36FN7O. The van der Waals surface area contributed by atoms with Crippen LogP contribution in [0.3, 0.4) is 0 Å². The molecule has 1 saturated heterocycles. The van der Waals surface area contributed by atoms with Gasteiger partial charge in [-0.1, -0.05) is 13.8 Å². The molecule has 0 radical (unpaired) electrons. The molecule has 0 amide bonds. The minimum absolute atomic E-state index is 0.0291. The first-order valence-electron chi connectivity index (χ1n) is 13.7. The molecule has 6 rings (SSSR count). The first-order valence-corrected chi connectivity index (χ1v) is 13.7. The smallest absolute Gasteiger partial charge is 0.142 e. The van der Waals surface area contributed by atoms with Crippen molar-refractivity contribution in [3.05, 3.63) is 59.6 Å². The van der Waals surface area contributed by atoms with Crippen LogP contribution in [0.2, 0.25) is 0 Å². The number of aliphatic hydroxyl groups is 1. The van der Waals surface area contributed by atoms with E-state index in [2.05, 4.69) is 45.0 Å². The first-order chi connectivity index (χ1) is 18.3. The molecule has 9 heteroatoms. The number of rotatable bonds is 7. The topological polar surface area (TPSA) is 90.3 Å². The number of nitrogens with zero attached hydrogens (tertiary/aromatic N) is 6. The van der Waals surface area contributed by atoms with E-state index in [-0.39, 0.29) is 17.8 Å². The Hall–Kier alpha value is -3.33. The molecule has 2 N–H and O–H groups in total. The summed E-state index contributed by atoms with van der Waals surface area (Å²) in [5, 5.41) is 12.9. The molecule has 0 spiro atoms. The van der Waals surface area contributed by atoms with Gasteiger partial charge >= 0.3 is 0 Å². The first kappa shape index (κ1) is 25.0. The largest absolute Gasteiger partial charge is 0.395 e. The Morgan fingerprint density at radius 3 is 2.50 bits per heavy atom. The number of piperidine rings is 1. The summed E-state index contributed by atoms with van der Waals surface area (Å²) >= 11 is 0. The van der Waals surface area contributed by atoms with Crippen LogP contribution in [0.1, 0.15) is 43.8 Å². The van der Waals surface area contributed by atoms with E-state index in [4.69, 9.17) is 9.97 Å². The molecule has 2 unspecified atom stereocenters. The highest BCUT2D eigenvalue weighted by Crippen LogP contribution is 2.48. The molecule has 2 atom stereocenters. The van der Waals surface area contributed by atoms with E-state index >= 15 is 0 Å². The molecule has 2 fully saturated rings. The summed E-state index contributed by atoms with van der Waals surface area (Å²) in [7, 11) is 0. The number of aryl methyl sites for hydroxylation is 1. The molecule has 1 aromatic carbocycles. The van der Waals surface area contributed by atoms with Gasteiger partial charge < -0.3 is 20.2 Å². The van der Waals surface area contributed by atoms with Gasteiger partial charge in [-0.15, -0.1) is 0 Å². The lowest BCUT2D eigenvalue weighted by Crippen LogP contribution is -2.43. The highest BCUT2D eigenvalue weighted by Gasteiger charge is 2.44. The van der Waals surface area contributed by atoms with Crippen LogP contribution in [-0.4, -0.2) is 57.8 Å². The zero-order chi connectivity index (χ0) is 26.4.